The van der Waals surface area contributed by atoms with Crippen molar-refractivity contribution in [2.45, 2.75) is 5.41 Å². The van der Waals surface area contributed by atoms with Crippen molar-refractivity contribution in [2.24, 2.45) is 0 Å². The summed E-state index contributed by atoms with van der Waals surface area (Å²) < 4.78 is 2.46. The van der Waals surface area contributed by atoms with Crippen LogP contribution in [0.1, 0.15) is 22.3 Å². The molecule has 1 heteroatoms. The summed E-state index contributed by atoms with van der Waals surface area (Å²) in [6.45, 7) is 0. The maximum atomic E-state index is 2.55. The molecule has 10 aromatic rings. The van der Waals surface area contributed by atoms with Gasteiger partial charge in [-0.25, -0.2) is 0 Å². The number of benzene rings is 9. The Bertz CT molecular complexity index is 3050. The van der Waals surface area contributed by atoms with Crippen molar-refractivity contribution >= 4 is 54.1 Å². The average Bonchev–Trinajstić information content (AvgIpc) is 3.79. The summed E-state index contributed by atoms with van der Waals surface area (Å²) in [6.07, 6.45) is 0. The largest absolute Gasteiger partial charge is 0.309 e. The first-order valence-electron chi connectivity index (χ1n) is 17.5. The van der Waals surface area contributed by atoms with E-state index in [0.717, 1.165) is 0 Å². The predicted molar refractivity (Wildman–Crippen MR) is 210 cm³/mol. The molecule has 2 aliphatic rings. The molecule has 0 radical (unpaired) electrons. The molecule has 0 bridgehead atoms. The summed E-state index contributed by atoms with van der Waals surface area (Å²) in [4.78, 5) is 0. The summed E-state index contributed by atoms with van der Waals surface area (Å²) in [6, 6.07) is 66.1. The third-order valence-corrected chi connectivity index (χ3v) is 11.8. The highest BCUT2D eigenvalue weighted by Gasteiger charge is 2.52. The van der Waals surface area contributed by atoms with Gasteiger partial charge in [0.05, 0.1) is 16.4 Å². The van der Waals surface area contributed by atoms with Gasteiger partial charge in [0.1, 0.15) is 0 Å². The molecule has 0 saturated carbocycles. The minimum atomic E-state index is -0.451. The van der Waals surface area contributed by atoms with E-state index in [9.17, 15) is 0 Å². The molecule has 230 valence electrons. The van der Waals surface area contributed by atoms with Gasteiger partial charge >= 0.3 is 0 Å². The molecule has 1 nitrogen and oxygen atoms in total. The Morgan fingerprint density at radius 1 is 0.280 bits per heavy atom. The van der Waals surface area contributed by atoms with E-state index >= 15 is 0 Å². The standard InChI is InChI=1S/C49H29N/c1-3-15-33-31(13-1)32-14-2-4-16-34(32)41-29-46-42(28-40(33)41)36-18-6-10-22-44(36)49(46)43-21-9-5-17-35(43)37-26-25-30(27-45(37)49)50-47-23-11-7-19-38(47)39-20-8-12-24-48(39)50/h1-29H. The fourth-order valence-electron chi connectivity index (χ4n) is 9.86. The second kappa shape index (κ2) is 9.37. The van der Waals surface area contributed by atoms with Crippen LogP contribution in [0.25, 0.3) is 82.1 Å². The number of para-hydroxylation sites is 2. The zero-order valence-electron chi connectivity index (χ0n) is 27.2. The lowest BCUT2D eigenvalue weighted by Crippen LogP contribution is -2.26. The first-order valence-corrected chi connectivity index (χ1v) is 17.5. The fraction of sp³-hybridized carbons (Fsp3) is 0.0204. The SMILES string of the molecule is c1ccc2c(c1)-c1ccc(-n3c4ccccc4c4ccccc43)cc1C21c2ccccc2-c2cc3c4ccccc4c4ccccc4c3cc21. The highest BCUT2D eigenvalue weighted by Crippen LogP contribution is 2.63. The van der Waals surface area contributed by atoms with Crippen LogP contribution in [0.2, 0.25) is 0 Å². The molecule has 0 amide bonds. The molecule has 1 spiro atoms. The van der Waals surface area contributed by atoms with Crippen LogP contribution in [0.4, 0.5) is 0 Å². The maximum absolute atomic E-state index is 2.55. The third-order valence-electron chi connectivity index (χ3n) is 11.8. The predicted octanol–water partition coefficient (Wildman–Crippen LogP) is 12.6. The van der Waals surface area contributed by atoms with Crippen molar-refractivity contribution in [3.63, 3.8) is 0 Å². The van der Waals surface area contributed by atoms with Gasteiger partial charge in [0.15, 0.2) is 0 Å². The van der Waals surface area contributed by atoms with Crippen LogP contribution in [0, 0.1) is 0 Å². The van der Waals surface area contributed by atoms with Crippen molar-refractivity contribution in [3.8, 4) is 27.9 Å². The Kier molecular flexibility index (Phi) is 4.97. The van der Waals surface area contributed by atoms with Crippen molar-refractivity contribution in [2.75, 3.05) is 0 Å². The zero-order valence-corrected chi connectivity index (χ0v) is 27.2. The molecule has 9 aromatic carbocycles. The number of fused-ring (bicyclic) bond motifs is 19. The minimum Gasteiger partial charge on any atom is -0.309 e. The van der Waals surface area contributed by atoms with E-state index < -0.39 is 5.41 Å². The third kappa shape index (κ3) is 3.10. The van der Waals surface area contributed by atoms with E-state index in [4.69, 9.17) is 0 Å². The number of hydrogen-bond acceptors (Lipinski definition) is 0. The molecule has 12 rings (SSSR count). The Labute approximate surface area is 289 Å². The van der Waals surface area contributed by atoms with Gasteiger partial charge in [0.2, 0.25) is 0 Å². The van der Waals surface area contributed by atoms with Gasteiger partial charge in [-0.2, -0.15) is 0 Å². The normalized spacial score (nSPS) is 15.7. The number of hydrogen-bond donors (Lipinski definition) is 0. The van der Waals surface area contributed by atoms with Gasteiger partial charge in [-0.1, -0.05) is 140 Å². The van der Waals surface area contributed by atoms with Crippen molar-refractivity contribution in [1.29, 1.82) is 0 Å². The van der Waals surface area contributed by atoms with Crippen LogP contribution in [0.15, 0.2) is 176 Å². The Morgan fingerprint density at radius 3 is 1.30 bits per heavy atom. The Hall–Kier alpha value is -6.44. The van der Waals surface area contributed by atoms with E-state index in [1.807, 2.05) is 0 Å². The summed E-state index contributed by atoms with van der Waals surface area (Å²) in [5.74, 6) is 0. The summed E-state index contributed by atoms with van der Waals surface area (Å²) >= 11 is 0. The van der Waals surface area contributed by atoms with Gasteiger partial charge in [0.25, 0.3) is 0 Å². The smallest absolute Gasteiger partial charge is 0.0726 e. The van der Waals surface area contributed by atoms with Crippen molar-refractivity contribution in [1.82, 2.24) is 4.57 Å². The summed E-state index contributed by atoms with van der Waals surface area (Å²) in [7, 11) is 0. The first-order chi connectivity index (χ1) is 24.8. The average molecular weight is 632 g/mol. The van der Waals surface area contributed by atoms with Gasteiger partial charge in [-0.3, -0.25) is 0 Å². The molecule has 0 aliphatic heterocycles. The molecular weight excluding hydrogens is 603 g/mol. The molecule has 1 atom stereocenters. The van der Waals surface area contributed by atoms with Crippen LogP contribution in [0.3, 0.4) is 0 Å². The van der Waals surface area contributed by atoms with E-state index in [1.54, 1.807) is 0 Å². The summed E-state index contributed by atoms with van der Waals surface area (Å²) in [5.41, 5.74) is 14.0. The van der Waals surface area contributed by atoms with Gasteiger partial charge < -0.3 is 4.57 Å². The molecule has 50 heavy (non-hydrogen) atoms. The van der Waals surface area contributed by atoms with E-state index in [1.165, 1.54) is 104 Å². The lowest BCUT2D eigenvalue weighted by Gasteiger charge is -2.31. The monoisotopic (exact) mass is 631 g/mol. The lowest BCUT2D eigenvalue weighted by molar-refractivity contribution is 0.794. The van der Waals surface area contributed by atoms with E-state index in [-0.39, 0.29) is 0 Å². The number of aromatic nitrogens is 1. The van der Waals surface area contributed by atoms with E-state index in [2.05, 4.69) is 180 Å². The van der Waals surface area contributed by atoms with Gasteiger partial charge in [-0.05, 0) is 113 Å². The van der Waals surface area contributed by atoms with Crippen LogP contribution in [-0.2, 0) is 5.41 Å². The van der Waals surface area contributed by atoms with Crippen LogP contribution < -0.4 is 0 Å². The topological polar surface area (TPSA) is 4.93 Å². The molecule has 2 aliphatic carbocycles. The molecule has 0 N–H and O–H groups in total. The molecule has 1 heterocycles. The zero-order chi connectivity index (χ0) is 32.6. The number of nitrogens with zero attached hydrogens (tertiary/aromatic N) is 1. The van der Waals surface area contributed by atoms with Crippen LogP contribution in [-0.4, -0.2) is 4.57 Å². The van der Waals surface area contributed by atoms with Crippen molar-refractivity contribution in [3.05, 3.63) is 198 Å². The molecule has 1 unspecified atom stereocenters. The second-order valence-corrected chi connectivity index (χ2v) is 14.0. The maximum Gasteiger partial charge on any atom is 0.0726 e. The van der Waals surface area contributed by atoms with Crippen molar-refractivity contribution < 1.29 is 0 Å². The highest BCUT2D eigenvalue weighted by molar-refractivity contribution is 6.26. The lowest BCUT2D eigenvalue weighted by atomic mass is 9.70. The molecule has 0 saturated heterocycles. The number of rotatable bonds is 1. The highest BCUT2D eigenvalue weighted by atomic mass is 15.0. The molecule has 0 fully saturated rings. The fourth-order valence-corrected chi connectivity index (χ4v) is 9.86. The van der Waals surface area contributed by atoms with Crippen LogP contribution in [0.5, 0.6) is 0 Å². The quantitative estimate of drug-likeness (QED) is 0.159. The minimum absolute atomic E-state index is 0.451. The Balaban J connectivity index is 1.25. The molecular formula is C49H29N. The molecule has 1 aromatic heterocycles. The summed E-state index contributed by atoms with van der Waals surface area (Å²) in [5, 5.41) is 10.4. The van der Waals surface area contributed by atoms with E-state index in [0.29, 0.717) is 0 Å². The van der Waals surface area contributed by atoms with Crippen LogP contribution >= 0.6 is 0 Å². The Morgan fingerprint density at radius 2 is 0.700 bits per heavy atom. The van der Waals surface area contributed by atoms with Gasteiger partial charge in [0, 0.05) is 16.5 Å². The second-order valence-electron chi connectivity index (χ2n) is 14.0. The van der Waals surface area contributed by atoms with Gasteiger partial charge in [-0.15, -0.1) is 0 Å². The first kappa shape index (κ1) is 26.5.